The van der Waals surface area contributed by atoms with Crippen LogP contribution in [0.3, 0.4) is 0 Å². The molecule has 0 aliphatic carbocycles. The normalized spacial score (nSPS) is 21.1. The molecule has 6 heteroatoms. The van der Waals surface area contributed by atoms with Gasteiger partial charge in [0, 0.05) is 0 Å². The minimum Gasteiger partial charge on any atom is -0.491 e. The molecule has 20 heavy (non-hydrogen) atoms. The molecule has 0 aromatic heterocycles. The quantitative estimate of drug-likeness (QED) is 0.740. The summed E-state index contributed by atoms with van der Waals surface area (Å²) >= 11 is 1.31. The Morgan fingerprint density at radius 1 is 1.55 bits per heavy atom. The zero-order valence-electron chi connectivity index (χ0n) is 11.0. The first-order valence-electron chi connectivity index (χ1n) is 5.97. The van der Waals surface area contributed by atoms with Gasteiger partial charge in [-0.15, -0.1) is 11.8 Å². The lowest BCUT2D eigenvalue weighted by Gasteiger charge is -2.34. The van der Waals surface area contributed by atoms with Crippen LogP contribution in [0.1, 0.15) is 6.92 Å². The van der Waals surface area contributed by atoms with E-state index < -0.39 is 11.8 Å². The third-order valence-electron chi connectivity index (χ3n) is 2.92. The summed E-state index contributed by atoms with van der Waals surface area (Å²) in [5.41, 5.74) is 0.568. The second-order valence-electron chi connectivity index (χ2n) is 3.96. The number of ether oxygens (including phenoxy) is 1. The van der Waals surface area contributed by atoms with Crippen molar-refractivity contribution in [3.8, 4) is 6.07 Å². The summed E-state index contributed by atoms with van der Waals surface area (Å²) in [6.07, 6.45) is 6.62. The topological polar surface area (TPSA) is 70.4 Å². The highest BCUT2D eigenvalue weighted by Crippen LogP contribution is 2.40. The number of hydrogen-bond acceptors (Lipinski definition) is 5. The number of allylic oxidation sites excluding steroid dienone is 3. The maximum absolute atomic E-state index is 12.4. The smallest absolute Gasteiger partial charge is 0.254 e. The van der Waals surface area contributed by atoms with Crippen molar-refractivity contribution in [2.75, 3.05) is 12.9 Å². The molecule has 0 saturated carbocycles. The van der Waals surface area contributed by atoms with Crippen molar-refractivity contribution in [1.29, 1.82) is 5.26 Å². The summed E-state index contributed by atoms with van der Waals surface area (Å²) in [6.45, 7) is 2.23. The molecular formula is C14H12N2O3S. The minimum atomic E-state index is -0.960. The maximum atomic E-state index is 12.4. The van der Waals surface area contributed by atoms with E-state index >= 15 is 0 Å². The number of hydrogen-bond donors (Lipinski definition) is 0. The summed E-state index contributed by atoms with van der Waals surface area (Å²) in [5.74, 6) is 0.789. The summed E-state index contributed by atoms with van der Waals surface area (Å²) in [4.78, 5) is 25.2. The molecule has 2 rings (SSSR count). The van der Waals surface area contributed by atoms with E-state index in [4.69, 9.17) is 4.74 Å². The van der Waals surface area contributed by atoms with Crippen molar-refractivity contribution in [1.82, 2.24) is 4.90 Å². The van der Waals surface area contributed by atoms with Gasteiger partial charge in [-0.3, -0.25) is 9.69 Å². The molecule has 0 radical (unpaired) electrons. The third kappa shape index (κ3) is 2.07. The molecule has 1 amide bonds. The summed E-state index contributed by atoms with van der Waals surface area (Å²) < 4.78 is 5.60. The van der Waals surface area contributed by atoms with Crippen molar-refractivity contribution in [3.63, 3.8) is 0 Å². The van der Waals surface area contributed by atoms with E-state index in [1.807, 2.05) is 13.0 Å². The fourth-order valence-electron chi connectivity index (χ4n) is 2.12. The van der Waals surface area contributed by atoms with Gasteiger partial charge in [0.25, 0.3) is 5.91 Å². The number of carbonyl (C=O) groups excluding carboxylic acids is 2. The molecule has 2 aliphatic heterocycles. The Labute approximate surface area is 120 Å². The number of carbonyl (C=O) groups is 1. The molecule has 0 bridgehead atoms. The monoisotopic (exact) mass is 288 g/mol. The average Bonchev–Trinajstić information content (AvgIpc) is 2.48. The Balaban J connectivity index is 2.68. The van der Waals surface area contributed by atoms with Crippen molar-refractivity contribution in [3.05, 3.63) is 40.3 Å². The van der Waals surface area contributed by atoms with Crippen LogP contribution >= 0.6 is 11.8 Å². The van der Waals surface area contributed by atoms with Gasteiger partial charge in [0.2, 0.25) is 0 Å². The lowest BCUT2D eigenvalue weighted by atomic mass is 9.99. The van der Waals surface area contributed by atoms with Gasteiger partial charge in [-0.2, -0.15) is 5.26 Å². The molecule has 2 aliphatic rings. The highest BCUT2D eigenvalue weighted by atomic mass is 32.2. The molecule has 0 spiro atoms. The van der Waals surface area contributed by atoms with E-state index in [0.29, 0.717) is 23.0 Å². The summed E-state index contributed by atoms with van der Waals surface area (Å²) in [7, 11) is 0. The Morgan fingerprint density at radius 2 is 2.30 bits per heavy atom. The molecule has 1 unspecified atom stereocenters. The van der Waals surface area contributed by atoms with Gasteiger partial charge in [0.05, 0.1) is 23.3 Å². The zero-order chi connectivity index (χ0) is 14.7. The van der Waals surface area contributed by atoms with Crippen molar-refractivity contribution in [2.45, 2.75) is 6.92 Å². The number of nitrogens with zero attached hydrogens (tertiary/aromatic N) is 2. The summed E-state index contributed by atoms with van der Waals surface area (Å²) in [6, 6.07) is 1.98. The van der Waals surface area contributed by atoms with Crippen LogP contribution in [-0.2, 0) is 14.3 Å². The van der Waals surface area contributed by atoms with Gasteiger partial charge in [0.1, 0.15) is 5.70 Å². The fourth-order valence-corrected chi connectivity index (χ4v) is 2.85. The van der Waals surface area contributed by atoms with Gasteiger partial charge in [0.15, 0.2) is 17.6 Å². The Kier molecular flexibility index (Phi) is 4.14. The van der Waals surface area contributed by atoms with E-state index in [-0.39, 0.29) is 5.70 Å². The highest BCUT2D eigenvalue weighted by Gasteiger charge is 2.41. The van der Waals surface area contributed by atoms with Crippen LogP contribution in [0.2, 0.25) is 0 Å². The second-order valence-corrected chi connectivity index (χ2v) is 4.81. The number of thioether (sulfide) groups is 1. The highest BCUT2D eigenvalue weighted by molar-refractivity contribution is 8.02. The lowest BCUT2D eigenvalue weighted by molar-refractivity contribution is -0.129. The molecule has 2 heterocycles. The predicted molar refractivity (Wildman–Crippen MR) is 74.5 cm³/mol. The van der Waals surface area contributed by atoms with E-state index in [2.05, 4.69) is 0 Å². The van der Waals surface area contributed by atoms with Gasteiger partial charge in [-0.05, 0) is 25.3 Å². The molecular weight excluding hydrogens is 276 g/mol. The SMILES string of the molecule is CCOC1=C(SC)C(C#N)C(=O)N2C(=C=O)C=CC=C12. The van der Waals surface area contributed by atoms with Crippen molar-refractivity contribution >= 4 is 23.6 Å². The molecule has 5 nitrogen and oxygen atoms in total. The van der Waals surface area contributed by atoms with Crippen LogP contribution in [-0.4, -0.2) is 29.6 Å². The molecule has 0 aromatic carbocycles. The fraction of sp³-hybridized carbons (Fsp3) is 0.286. The molecule has 0 saturated heterocycles. The molecule has 0 aromatic rings. The second kappa shape index (κ2) is 5.83. The van der Waals surface area contributed by atoms with Gasteiger partial charge in [-0.25, -0.2) is 4.79 Å². The predicted octanol–water partition coefficient (Wildman–Crippen LogP) is 1.75. The van der Waals surface area contributed by atoms with Crippen LogP contribution in [0.5, 0.6) is 0 Å². The zero-order valence-corrected chi connectivity index (χ0v) is 11.9. The molecule has 102 valence electrons. The Morgan fingerprint density at radius 3 is 2.85 bits per heavy atom. The number of fused-ring (bicyclic) bond motifs is 1. The van der Waals surface area contributed by atoms with Crippen LogP contribution in [0.4, 0.5) is 0 Å². The van der Waals surface area contributed by atoms with E-state index in [1.165, 1.54) is 22.7 Å². The molecule has 0 N–H and O–H groups in total. The minimum absolute atomic E-state index is 0.0881. The maximum Gasteiger partial charge on any atom is 0.254 e. The van der Waals surface area contributed by atoms with Gasteiger partial charge in [-0.1, -0.05) is 6.08 Å². The van der Waals surface area contributed by atoms with Crippen LogP contribution in [0.15, 0.2) is 40.3 Å². The lowest BCUT2D eigenvalue weighted by Crippen LogP contribution is -2.41. The Hall–Kier alpha value is -2.22. The Bertz CT molecular complexity index is 633. The number of amides is 1. The van der Waals surface area contributed by atoms with Crippen LogP contribution < -0.4 is 0 Å². The van der Waals surface area contributed by atoms with Crippen molar-refractivity contribution < 1.29 is 14.3 Å². The van der Waals surface area contributed by atoms with E-state index in [1.54, 1.807) is 24.3 Å². The first-order valence-corrected chi connectivity index (χ1v) is 7.20. The van der Waals surface area contributed by atoms with E-state index in [9.17, 15) is 14.9 Å². The standard InChI is InChI=1S/C14H12N2O3S/c1-3-19-12-11-6-4-5-9(8-17)16(11)14(18)10(7-15)13(12)20-2/h4-6,10H,3H2,1-2H3. The van der Waals surface area contributed by atoms with Crippen LogP contribution in [0.25, 0.3) is 0 Å². The average molecular weight is 288 g/mol. The van der Waals surface area contributed by atoms with Gasteiger partial charge >= 0.3 is 0 Å². The van der Waals surface area contributed by atoms with E-state index in [0.717, 1.165) is 0 Å². The summed E-state index contributed by atoms with van der Waals surface area (Å²) in [5, 5.41) is 9.25. The van der Waals surface area contributed by atoms with Crippen LogP contribution in [0, 0.1) is 17.2 Å². The van der Waals surface area contributed by atoms with Crippen molar-refractivity contribution in [2.24, 2.45) is 5.92 Å². The number of rotatable bonds is 3. The first-order chi connectivity index (χ1) is 9.69. The largest absolute Gasteiger partial charge is 0.491 e. The first kappa shape index (κ1) is 14.2. The molecule has 0 fully saturated rings. The number of nitriles is 1. The molecule has 1 atom stereocenters. The third-order valence-corrected chi connectivity index (χ3v) is 3.78. The van der Waals surface area contributed by atoms with Gasteiger partial charge < -0.3 is 4.74 Å².